The lowest BCUT2D eigenvalue weighted by Crippen LogP contribution is -2.24. The number of aromatic nitrogens is 1. The molecule has 134 valence electrons. The predicted octanol–water partition coefficient (Wildman–Crippen LogP) is 3.71. The van der Waals surface area contributed by atoms with Crippen LogP contribution in [0.1, 0.15) is 31.2 Å². The molecule has 2 aromatic rings. The highest BCUT2D eigenvalue weighted by atomic mass is 32.2. The Hall–Kier alpha value is -2.15. The van der Waals surface area contributed by atoms with E-state index in [1.807, 2.05) is 6.07 Å². The lowest BCUT2D eigenvalue weighted by Gasteiger charge is -2.22. The zero-order valence-corrected chi connectivity index (χ0v) is 15.0. The molecule has 1 aliphatic heterocycles. The van der Waals surface area contributed by atoms with Gasteiger partial charge in [-0.2, -0.15) is 0 Å². The third-order valence-electron chi connectivity index (χ3n) is 4.40. The summed E-state index contributed by atoms with van der Waals surface area (Å²) in [5, 5.41) is 0. The van der Waals surface area contributed by atoms with E-state index in [1.165, 1.54) is 31.9 Å². The van der Waals surface area contributed by atoms with E-state index in [2.05, 4.69) is 14.6 Å². The van der Waals surface area contributed by atoms with Gasteiger partial charge in [0.05, 0.1) is 16.8 Å². The van der Waals surface area contributed by atoms with Crippen LogP contribution in [0.3, 0.4) is 0 Å². The Morgan fingerprint density at radius 1 is 1.08 bits per heavy atom. The third-order valence-corrected chi connectivity index (χ3v) is 5.75. The minimum atomic E-state index is -3.79. The zero-order chi connectivity index (χ0) is 17.9. The van der Waals surface area contributed by atoms with Crippen molar-refractivity contribution in [3.8, 4) is 0 Å². The van der Waals surface area contributed by atoms with Crippen molar-refractivity contribution in [3.05, 3.63) is 47.9 Å². The Kier molecular flexibility index (Phi) is 5.22. The van der Waals surface area contributed by atoms with Crippen molar-refractivity contribution >= 4 is 21.5 Å². The monoisotopic (exact) mass is 363 g/mol. The minimum Gasteiger partial charge on any atom is -0.370 e. The van der Waals surface area contributed by atoms with Gasteiger partial charge in [0.2, 0.25) is 0 Å². The number of pyridine rings is 1. The lowest BCUT2D eigenvalue weighted by molar-refractivity contribution is 0.598. The fraction of sp³-hybridized carbons (Fsp3) is 0.389. The highest BCUT2D eigenvalue weighted by Crippen LogP contribution is 2.22. The van der Waals surface area contributed by atoms with Crippen molar-refractivity contribution in [1.29, 1.82) is 0 Å². The molecule has 0 atom stereocenters. The first-order valence-corrected chi connectivity index (χ1v) is 9.94. The van der Waals surface area contributed by atoms with E-state index in [0.29, 0.717) is 0 Å². The van der Waals surface area contributed by atoms with Gasteiger partial charge in [0.15, 0.2) is 0 Å². The van der Waals surface area contributed by atoms with Gasteiger partial charge in [-0.15, -0.1) is 0 Å². The number of nitrogens with one attached hydrogen (secondary N) is 1. The Morgan fingerprint density at radius 3 is 2.40 bits per heavy atom. The zero-order valence-electron chi connectivity index (χ0n) is 14.2. The number of benzene rings is 1. The number of rotatable bonds is 4. The molecule has 0 bridgehead atoms. The summed E-state index contributed by atoms with van der Waals surface area (Å²) in [5.41, 5.74) is 1.29. The second kappa shape index (κ2) is 7.39. The second-order valence-electron chi connectivity index (χ2n) is 6.32. The number of hydrogen-bond acceptors (Lipinski definition) is 4. The normalized spacial score (nSPS) is 15.7. The van der Waals surface area contributed by atoms with Gasteiger partial charge in [0.1, 0.15) is 11.6 Å². The van der Waals surface area contributed by atoms with E-state index in [4.69, 9.17) is 0 Å². The van der Waals surface area contributed by atoms with E-state index >= 15 is 0 Å². The third kappa shape index (κ3) is 4.28. The molecule has 1 N–H and O–H groups in total. The number of halogens is 1. The van der Waals surface area contributed by atoms with Gasteiger partial charge in [0.25, 0.3) is 10.0 Å². The van der Waals surface area contributed by atoms with Crippen LogP contribution < -0.4 is 9.62 Å². The van der Waals surface area contributed by atoms with Crippen LogP contribution in [0.25, 0.3) is 0 Å². The maximum Gasteiger partial charge on any atom is 0.263 e. The number of anilines is 2. The molecule has 5 nitrogen and oxygen atoms in total. The van der Waals surface area contributed by atoms with Crippen molar-refractivity contribution < 1.29 is 12.8 Å². The van der Waals surface area contributed by atoms with Crippen LogP contribution in [-0.4, -0.2) is 26.5 Å². The molecular formula is C18H22FN3O2S. The Morgan fingerprint density at radius 2 is 1.80 bits per heavy atom. The Labute approximate surface area is 147 Å². The van der Waals surface area contributed by atoms with Crippen LogP contribution >= 0.6 is 0 Å². The van der Waals surface area contributed by atoms with Gasteiger partial charge < -0.3 is 4.90 Å². The van der Waals surface area contributed by atoms with E-state index in [9.17, 15) is 12.8 Å². The molecule has 1 saturated heterocycles. The average Bonchev–Trinajstić information content (AvgIpc) is 2.87. The summed E-state index contributed by atoms with van der Waals surface area (Å²) in [5.74, 6) is -0.181. The molecule has 0 aliphatic carbocycles. The maximum atomic E-state index is 13.3. The number of aryl methyl sites for hydroxylation is 1. The van der Waals surface area contributed by atoms with Crippen molar-refractivity contribution in [3.63, 3.8) is 0 Å². The first-order chi connectivity index (χ1) is 12.0. The quantitative estimate of drug-likeness (QED) is 0.899. The summed E-state index contributed by atoms with van der Waals surface area (Å²) in [6, 6.07) is 7.25. The first-order valence-electron chi connectivity index (χ1n) is 8.46. The van der Waals surface area contributed by atoms with Gasteiger partial charge in [-0.25, -0.2) is 17.8 Å². The number of nitrogens with zero attached hydrogens (tertiary/aromatic N) is 2. The second-order valence-corrected chi connectivity index (χ2v) is 8.00. The van der Waals surface area contributed by atoms with Crippen molar-refractivity contribution in [1.82, 2.24) is 4.98 Å². The molecule has 0 spiro atoms. The van der Waals surface area contributed by atoms with Crippen LogP contribution in [0, 0.1) is 12.7 Å². The Bertz CT molecular complexity index is 830. The average molecular weight is 363 g/mol. The highest BCUT2D eigenvalue weighted by molar-refractivity contribution is 7.92. The largest absolute Gasteiger partial charge is 0.370 e. The van der Waals surface area contributed by atoms with E-state index < -0.39 is 15.8 Å². The fourth-order valence-corrected chi connectivity index (χ4v) is 4.04. The standard InChI is InChI=1S/C18H22FN3O2S/c1-14-12-16(7-8-17(14)19)25(23,24)21-18-9-6-15(13-20-18)22-10-4-2-3-5-11-22/h6-9,12-13H,2-5,10-11H2,1H3,(H,20,21). The van der Waals surface area contributed by atoms with Gasteiger partial charge in [0, 0.05) is 13.1 Å². The molecule has 0 saturated carbocycles. The fourth-order valence-electron chi connectivity index (χ4n) is 2.94. The summed E-state index contributed by atoms with van der Waals surface area (Å²) in [4.78, 5) is 6.53. The summed E-state index contributed by atoms with van der Waals surface area (Å²) in [6.45, 7) is 3.53. The molecule has 0 radical (unpaired) electrons. The smallest absolute Gasteiger partial charge is 0.263 e. The van der Waals surface area contributed by atoms with E-state index in [0.717, 1.165) is 37.7 Å². The minimum absolute atomic E-state index is 0.0183. The van der Waals surface area contributed by atoms with Gasteiger partial charge in [-0.1, -0.05) is 12.8 Å². The highest BCUT2D eigenvalue weighted by Gasteiger charge is 2.17. The lowest BCUT2D eigenvalue weighted by atomic mass is 10.2. The SMILES string of the molecule is Cc1cc(S(=O)(=O)Nc2ccc(N3CCCCCC3)cn2)ccc1F. The molecule has 1 fully saturated rings. The Balaban J connectivity index is 1.74. The molecule has 25 heavy (non-hydrogen) atoms. The summed E-state index contributed by atoms with van der Waals surface area (Å²) in [6.07, 6.45) is 6.52. The van der Waals surface area contributed by atoms with E-state index in [-0.39, 0.29) is 16.3 Å². The number of sulfonamides is 1. The van der Waals surface area contributed by atoms with Crippen LogP contribution in [0.2, 0.25) is 0 Å². The molecule has 2 heterocycles. The molecule has 1 aliphatic rings. The molecule has 3 rings (SSSR count). The van der Waals surface area contributed by atoms with Crippen LogP contribution in [0.15, 0.2) is 41.4 Å². The van der Waals surface area contributed by atoms with Crippen LogP contribution in [-0.2, 0) is 10.0 Å². The summed E-state index contributed by atoms with van der Waals surface area (Å²) >= 11 is 0. The molecule has 0 amide bonds. The van der Waals surface area contributed by atoms with Gasteiger partial charge in [-0.3, -0.25) is 4.72 Å². The maximum absolute atomic E-state index is 13.3. The number of hydrogen-bond donors (Lipinski definition) is 1. The van der Waals surface area contributed by atoms with Gasteiger partial charge >= 0.3 is 0 Å². The topological polar surface area (TPSA) is 62.3 Å². The molecule has 7 heteroatoms. The summed E-state index contributed by atoms with van der Waals surface area (Å²) in [7, 11) is -3.79. The van der Waals surface area contributed by atoms with Crippen LogP contribution in [0.4, 0.5) is 15.9 Å². The molecule has 1 aromatic carbocycles. The molecular weight excluding hydrogens is 341 g/mol. The van der Waals surface area contributed by atoms with Crippen molar-refractivity contribution in [2.45, 2.75) is 37.5 Å². The summed E-state index contributed by atoms with van der Waals surface area (Å²) < 4.78 is 40.6. The molecule has 0 unspecified atom stereocenters. The molecule has 1 aromatic heterocycles. The van der Waals surface area contributed by atoms with Crippen molar-refractivity contribution in [2.24, 2.45) is 0 Å². The van der Waals surface area contributed by atoms with Crippen LogP contribution in [0.5, 0.6) is 0 Å². The van der Waals surface area contributed by atoms with E-state index in [1.54, 1.807) is 12.3 Å². The van der Waals surface area contributed by atoms with Crippen molar-refractivity contribution in [2.75, 3.05) is 22.7 Å². The van der Waals surface area contributed by atoms with Gasteiger partial charge in [-0.05, 0) is 55.7 Å². The predicted molar refractivity (Wildman–Crippen MR) is 96.9 cm³/mol. The first kappa shape index (κ1) is 17.7.